The Morgan fingerprint density at radius 3 is 2.43 bits per heavy atom. The molecule has 3 aliphatic heterocycles. The summed E-state index contributed by atoms with van der Waals surface area (Å²) < 4.78 is 88.5. The maximum absolute atomic E-state index is 13.7. The molecular formula is C30H33F6N5O3. The molecule has 0 saturated carbocycles. The van der Waals surface area contributed by atoms with Gasteiger partial charge in [-0.05, 0) is 55.2 Å². The van der Waals surface area contributed by atoms with Gasteiger partial charge in [-0.1, -0.05) is 24.3 Å². The summed E-state index contributed by atoms with van der Waals surface area (Å²) in [5, 5.41) is 18.8. The van der Waals surface area contributed by atoms with Crippen LogP contribution in [0.5, 0.6) is 0 Å². The van der Waals surface area contributed by atoms with Crippen molar-refractivity contribution in [2.45, 2.75) is 57.4 Å². The molecule has 2 aromatic rings. The van der Waals surface area contributed by atoms with Crippen LogP contribution in [0.3, 0.4) is 0 Å². The topological polar surface area (TPSA) is 89.4 Å². The van der Waals surface area contributed by atoms with Gasteiger partial charge in [0.1, 0.15) is 0 Å². The summed E-state index contributed by atoms with van der Waals surface area (Å²) in [4.78, 5) is 18.1. The predicted molar refractivity (Wildman–Crippen MR) is 149 cm³/mol. The Labute approximate surface area is 250 Å². The maximum atomic E-state index is 13.7. The minimum atomic E-state index is -5.01. The van der Waals surface area contributed by atoms with Crippen molar-refractivity contribution in [2.75, 3.05) is 26.3 Å². The number of benzene rings is 2. The summed E-state index contributed by atoms with van der Waals surface area (Å²) in [5.74, 6) is -0.674. The van der Waals surface area contributed by atoms with Gasteiger partial charge in [0, 0.05) is 38.2 Å². The van der Waals surface area contributed by atoms with Crippen LogP contribution in [0.25, 0.3) is 5.70 Å². The number of nitrogens with one attached hydrogen (secondary N) is 2. The number of aliphatic imine (C=N–C) groups is 1. The van der Waals surface area contributed by atoms with Crippen molar-refractivity contribution < 1.29 is 41.1 Å². The fraction of sp³-hybridized carbons (Fsp3) is 0.467. The second kappa shape index (κ2) is 12.4. The van der Waals surface area contributed by atoms with Gasteiger partial charge in [0.15, 0.2) is 12.1 Å². The van der Waals surface area contributed by atoms with E-state index < -0.39 is 41.7 Å². The number of hydrogen-bond acceptors (Lipinski definition) is 7. The van der Waals surface area contributed by atoms with Crippen LogP contribution in [0, 0.1) is 12.8 Å². The van der Waals surface area contributed by atoms with E-state index in [-0.39, 0.29) is 54.8 Å². The van der Waals surface area contributed by atoms with E-state index in [1.165, 1.54) is 6.92 Å². The van der Waals surface area contributed by atoms with Gasteiger partial charge in [0.05, 0.1) is 35.5 Å². The first-order valence-corrected chi connectivity index (χ1v) is 14.2. The predicted octanol–water partition coefficient (Wildman–Crippen LogP) is 4.82. The molecule has 3 heterocycles. The van der Waals surface area contributed by atoms with Gasteiger partial charge in [0.2, 0.25) is 5.91 Å². The zero-order valence-electron chi connectivity index (χ0n) is 24.0. The number of aryl methyl sites for hydroxylation is 1. The number of carbonyl (C=O) groups excluding carboxylic acids is 1. The number of hydrogen-bond donors (Lipinski definition) is 3. The molecule has 1 saturated heterocycles. The summed E-state index contributed by atoms with van der Waals surface area (Å²) in [6.45, 7) is 4.66. The third kappa shape index (κ3) is 7.02. The van der Waals surface area contributed by atoms with Crippen LogP contribution in [-0.2, 0) is 28.3 Å². The average Bonchev–Trinajstić information content (AvgIpc) is 3.40. The lowest BCUT2D eigenvalue weighted by Crippen LogP contribution is -2.53. The van der Waals surface area contributed by atoms with Crippen LogP contribution < -0.4 is 10.6 Å². The van der Waals surface area contributed by atoms with E-state index in [2.05, 4.69) is 15.6 Å². The fourth-order valence-corrected chi connectivity index (χ4v) is 5.99. The van der Waals surface area contributed by atoms with Gasteiger partial charge < -0.3 is 10.1 Å². The number of nitrogens with zero attached hydrogens (tertiary/aromatic N) is 3. The molecule has 0 bridgehead atoms. The summed E-state index contributed by atoms with van der Waals surface area (Å²) in [6, 6.07) is 7.45. The number of hydroxylamine groups is 2. The highest BCUT2D eigenvalue weighted by Crippen LogP contribution is 2.38. The molecule has 1 fully saturated rings. The average molecular weight is 626 g/mol. The zero-order valence-corrected chi connectivity index (χ0v) is 24.0. The van der Waals surface area contributed by atoms with E-state index >= 15 is 0 Å². The number of alkyl halides is 6. The highest BCUT2D eigenvalue weighted by atomic mass is 19.4. The number of carbonyl (C=O) groups is 1. The molecule has 238 valence electrons. The summed E-state index contributed by atoms with van der Waals surface area (Å²) in [6.07, 6.45) is -8.79. The van der Waals surface area contributed by atoms with Crippen molar-refractivity contribution in [3.8, 4) is 0 Å². The lowest BCUT2D eigenvalue weighted by molar-refractivity contribution is -0.143. The van der Waals surface area contributed by atoms with Crippen LogP contribution in [0.2, 0.25) is 0 Å². The molecule has 14 heteroatoms. The molecule has 3 N–H and O–H groups in total. The number of fused-ring (bicyclic) bond motifs is 1. The van der Waals surface area contributed by atoms with E-state index in [9.17, 15) is 36.3 Å². The molecule has 44 heavy (non-hydrogen) atoms. The number of halogens is 6. The van der Waals surface area contributed by atoms with E-state index in [4.69, 9.17) is 4.74 Å². The second-order valence-corrected chi connectivity index (χ2v) is 11.3. The van der Waals surface area contributed by atoms with Gasteiger partial charge >= 0.3 is 12.4 Å². The first-order valence-electron chi connectivity index (χ1n) is 14.2. The Bertz CT molecular complexity index is 1410. The Balaban J connectivity index is 1.60. The van der Waals surface area contributed by atoms with Crippen LogP contribution in [0.4, 0.5) is 26.3 Å². The van der Waals surface area contributed by atoms with E-state index in [0.29, 0.717) is 37.2 Å². The molecule has 5 rings (SSSR count). The Morgan fingerprint density at radius 2 is 1.80 bits per heavy atom. The lowest BCUT2D eigenvalue weighted by atomic mass is 9.89. The summed E-state index contributed by atoms with van der Waals surface area (Å²) >= 11 is 0. The standard InChI is InChI=1S/C30H33F6N5O3/c1-17-5-3-4-6-23(17)26-13-27(40-8-7-22(15-40)39-18(2)42)44-28-24(14-37-16-38-28)25(41(26)43)11-19-9-20(29(31,32)33)12-21(10-19)30(34,35)36/h3-6,9-10,12-13,22,24-25,27,37,43H,7-8,11,14-16H2,1-2H3,(H,39,42). The van der Waals surface area contributed by atoms with Crippen LogP contribution in [-0.4, -0.2) is 71.6 Å². The van der Waals surface area contributed by atoms with Gasteiger partial charge in [0.25, 0.3) is 0 Å². The number of amides is 1. The van der Waals surface area contributed by atoms with E-state index in [1.807, 2.05) is 24.0 Å². The van der Waals surface area contributed by atoms with Crippen molar-refractivity contribution in [1.82, 2.24) is 20.6 Å². The molecule has 3 aliphatic rings. The van der Waals surface area contributed by atoms with E-state index in [0.717, 1.165) is 10.6 Å². The van der Waals surface area contributed by atoms with Gasteiger partial charge in [-0.25, -0.2) is 4.99 Å². The molecule has 8 nitrogen and oxygen atoms in total. The number of ether oxygens (including phenoxy) is 1. The van der Waals surface area contributed by atoms with Crippen molar-refractivity contribution in [3.63, 3.8) is 0 Å². The van der Waals surface area contributed by atoms with Crippen molar-refractivity contribution in [1.29, 1.82) is 0 Å². The number of likely N-dealkylation sites (tertiary alicyclic amines) is 1. The highest BCUT2D eigenvalue weighted by Gasteiger charge is 2.42. The molecule has 0 aliphatic carbocycles. The largest absolute Gasteiger partial charge is 0.458 e. The second-order valence-electron chi connectivity index (χ2n) is 11.3. The summed E-state index contributed by atoms with van der Waals surface area (Å²) in [7, 11) is 0. The Morgan fingerprint density at radius 1 is 1.11 bits per heavy atom. The molecule has 0 aromatic heterocycles. The van der Waals surface area contributed by atoms with Gasteiger partial charge in [-0.15, -0.1) is 0 Å². The van der Waals surface area contributed by atoms with Crippen LogP contribution >= 0.6 is 0 Å². The lowest BCUT2D eigenvalue weighted by Gasteiger charge is -2.42. The first kappa shape index (κ1) is 31.8. The third-order valence-corrected chi connectivity index (χ3v) is 8.10. The molecule has 2 aromatic carbocycles. The van der Waals surface area contributed by atoms with Crippen molar-refractivity contribution in [3.05, 3.63) is 76.4 Å². The van der Waals surface area contributed by atoms with E-state index in [1.54, 1.807) is 18.2 Å². The number of rotatable bonds is 5. The Hall–Kier alpha value is -3.62. The fourth-order valence-electron chi connectivity index (χ4n) is 5.99. The SMILES string of the molecule is CC(=O)NC1CCN(C2C=C(c3ccccc3C)N(O)C(Cc3cc(C(F)(F)F)cc(C(F)(F)F)c3)C3CNCN=C3O2)C1. The maximum Gasteiger partial charge on any atom is 0.416 e. The normalized spacial score (nSPS) is 24.9. The molecule has 1 amide bonds. The van der Waals surface area contributed by atoms with Gasteiger partial charge in [-0.2, -0.15) is 26.3 Å². The molecule has 0 spiro atoms. The third-order valence-electron chi connectivity index (χ3n) is 8.10. The van der Waals surface area contributed by atoms with Crippen molar-refractivity contribution in [2.24, 2.45) is 10.9 Å². The zero-order chi connectivity index (χ0) is 31.8. The minimum absolute atomic E-state index is 0.0873. The quantitative estimate of drug-likeness (QED) is 0.414. The Kier molecular flexibility index (Phi) is 8.96. The molecule has 4 unspecified atom stereocenters. The monoisotopic (exact) mass is 625 g/mol. The smallest absolute Gasteiger partial charge is 0.416 e. The first-order chi connectivity index (χ1) is 20.7. The van der Waals surface area contributed by atoms with Gasteiger partial charge in [-0.3, -0.25) is 25.3 Å². The van der Waals surface area contributed by atoms with Crippen LogP contribution in [0.1, 0.15) is 41.2 Å². The van der Waals surface area contributed by atoms with Crippen LogP contribution in [0.15, 0.2) is 53.5 Å². The molecule has 4 atom stereocenters. The molecular weight excluding hydrogens is 592 g/mol. The summed E-state index contributed by atoms with van der Waals surface area (Å²) in [5.41, 5.74) is -1.43. The highest BCUT2D eigenvalue weighted by molar-refractivity contribution is 5.82. The minimum Gasteiger partial charge on any atom is -0.458 e. The van der Waals surface area contributed by atoms with Crippen molar-refractivity contribution >= 4 is 17.5 Å². The molecule has 0 radical (unpaired) electrons.